The van der Waals surface area contributed by atoms with Gasteiger partial charge < -0.3 is 9.84 Å². The van der Waals surface area contributed by atoms with Gasteiger partial charge in [-0.15, -0.1) is 0 Å². The molecule has 1 aromatic carbocycles. The van der Waals surface area contributed by atoms with E-state index in [-0.39, 0.29) is 12.4 Å². The Hall–Kier alpha value is -0.610. The van der Waals surface area contributed by atoms with Crippen molar-refractivity contribution in [2.45, 2.75) is 19.3 Å². The normalized spacial score (nSPS) is 11.6. The van der Waals surface area contributed by atoms with Gasteiger partial charge in [0.25, 0.3) is 0 Å². The average molecular weight is 277 g/mol. The minimum Gasteiger partial charge on any atom is -0.493 e. The molecule has 0 bridgehead atoms. The van der Waals surface area contributed by atoms with Gasteiger partial charge in [0.05, 0.1) is 13.7 Å². The highest BCUT2D eigenvalue weighted by Gasteiger charge is 2.26. The van der Waals surface area contributed by atoms with Gasteiger partial charge in [0.2, 0.25) is 0 Å². The van der Waals surface area contributed by atoms with Gasteiger partial charge in [-0.1, -0.05) is 29.8 Å². The number of hydrogen-bond acceptors (Lipinski definition) is 2. The molecule has 0 radical (unpaired) electrons. The van der Waals surface area contributed by atoms with E-state index in [1.165, 1.54) is 13.2 Å². The monoisotopic (exact) mass is 276 g/mol. The molecule has 0 saturated carbocycles. The van der Waals surface area contributed by atoms with Crippen molar-refractivity contribution in [3.8, 4) is 5.75 Å². The Bertz CT molecular complexity index is 364. The third-order valence-corrected chi connectivity index (χ3v) is 2.79. The van der Waals surface area contributed by atoms with Gasteiger partial charge in [0, 0.05) is 15.5 Å². The molecule has 0 amide bonds. The van der Waals surface area contributed by atoms with Gasteiger partial charge in [0.15, 0.2) is 11.6 Å². The van der Waals surface area contributed by atoms with Gasteiger partial charge in [-0.2, -0.15) is 0 Å². The zero-order chi connectivity index (χ0) is 11.6. The van der Waals surface area contributed by atoms with E-state index in [4.69, 9.17) is 4.74 Å². The second-order valence-corrected chi connectivity index (χ2v) is 4.93. The van der Waals surface area contributed by atoms with Crippen LogP contribution >= 0.6 is 15.9 Å². The molecule has 0 saturated heterocycles. The van der Waals surface area contributed by atoms with Crippen molar-refractivity contribution in [3.05, 3.63) is 28.0 Å². The van der Waals surface area contributed by atoms with Crippen LogP contribution in [0.3, 0.4) is 0 Å². The summed E-state index contributed by atoms with van der Waals surface area (Å²) in [6.07, 6.45) is 0. The minimum absolute atomic E-state index is 0.0702. The molecule has 1 rings (SSSR count). The number of halogens is 2. The first-order chi connectivity index (χ1) is 6.92. The van der Waals surface area contributed by atoms with E-state index in [9.17, 15) is 9.50 Å². The largest absolute Gasteiger partial charge is 0.493 e. The molecule has 0 fully saturated rings. The Balaban J connectivity index is 3.39. The van der Waals surface area contributed by atoms with E-state index in [0.29, 0.717) is 10.0 Å². The number of rotatable bonds is 3. The van der Waals surface area contributed by atoms with Crippen molar-refractivity contribution in [1.82, 2.24) is 0 Å². The van der Waals surface area contributed by atoms with Crippen molar-refractivity contribution < 1.29 is 14.2 Å². The second-order valence-electron chi connectivity index (χ2n) is 4.01. The SMILES string of the molecule is COc1c(F)cc(Br)cc1C(C)(C)CO. The predicted octanol–water partition coefficient (Wildman–Crippen LogP) is 2.87. The zero-order valence-corrected chi connectivity index (χ0v) is 10.6. The third-order valence-electron chi connectivity index (χ3n) is 2.34. The molecule has 0 aliphatic carbocycles. The fraction of sp³-hybridized carbons (Fsp3) is 0.455. The molecule has 0 spiro atoms. The molecule has 4 heteroatoms. The fourth-order valence-electron chi connectivity index (χ4n) is 1.36. The highest BCUT2D eigenvalue weighted by molar-refractivity contribution is 9.10. The van der Waals surface area contributed by atoms with Gasteiger partial charge >= 0.3 is 0 Å². The molecule has 2 nitrogen and oxygen atoms in total. The van der Waals surface area contributed by atoms with Crippen LogP contribution in [0.15, 0.2) is 16.6 Å². The molecule has 84 valence electrons. The smallest absolute Gasteiger partial charge is 0.166 e. The molecule has 15 heavy (non-hydrogen) atoms. The first-order valence-corrected chi connectivity index (χ1v) is 5.36. The molecular weight excluding hydrogens is 263 g/mol. The zero-order valence-electron chi connectivity index (χ0n) is 8.97. The summed E-state index contributed by atoms with van der Waals surface area (Å²) in [4.78, 5) is 0. The standard InChI is InChI=1S/C11H14BrFO2/c1-11(2,6-14)8-4-7(12)5-9(13)10(8)15-3/h4-5,14H,6H2,1-3H3. The summed E-state index contributed by atoms with van der Waals surface area (Å²) >= 11 is 3.22. The summed E-state index contributed by atoms with van der Waals surface area (Å²) in [6, 6.07) is 3.11. The van der Waals surface area contributed by atoms with Crippen molar-refractivity contribution >= 4 is 15.9 Å². The number of methoxy groups -OCH3 is 1. The molecule has 1 N–H and O–H groups in total. The van der Waals surface area contributed by atoms with Crippen molar-refractivity contribution in [2.24, 2.45) is 0 Å². The highest BCUT2D eigenvalue weighted by atomic mass is 79.9. The van der Waals surface area contributed by atoms with Crippen LogP contribution in [0, 0.1) is 5.82 Å². The number of hydrogen-bond donors (Lipinski definition) is 1. The maximum atomic E-state index is 13.5. The molecule has 0 heterocycles. The van der Waals surface area contributed by atoms with Crippen LogP contribution in [-0.4, -0.2) is 18.8 Å². The molecule has 0 atom stereocenters. The van der Waals surface area contributed by atoms with Crippen LogP contribution in [0.5, 0.6) is 5.75 Å². The summed E-state index contributed by atoms with van der Waals surface area (Å²) in [6.45, 7) is 3.59. The van der Waals surface area contributed by atoms with Crippen LogP contribution in [-0.2, 0) is 5.41 Å². The summed E-state index contributed by atoms with van der Waals surface area (Å²) in [5, 5.41) is 9.26. The first kappa shape index (κ1) is 12.5. The van der Waals surface area contributed by atoms with E-state index < -0.39 is 11.2 Å². The van der Waals surface area contributed by atoms with Crippen LogP contribution in [0.1, 0.15) is 19.4 Å². The Kier molecular flexibility index (Phi) is 3.73. The Morgan fingerprint density at radius 2 is 2.07 bits per heavy atom. The number of benzene rings is 1. The number of aliphatic hydroxyl groups excluding tert-OH is 1. The quantitative estimate of drug-likeness (QED) is 0.920. The van der Waals surface area contributed by atoms with Gasteiger partial charge in [-0.25, -0.2) is 4.39 Å². The molecule has 0 aromatic heterocycles. The predicted molar refractivity (Wildman–Crippen MR) is 60.8 cm³/mol. The Morgan fingerprint density at radius 3 is 2.53 bits per heavy atom. The van der Waals surface area contributed by atoms with Gasteiger partial charge in [-0.05, 0) is 12.1 Å². The van der Waals surface area contributed by atoms with Crippen molar-refractivity contribution in [3.63, 3.8) is 0 Å². The van der Waals surface area contributed by atoms with Crippen LogP contribution in [0.4, 0.5) is 4.39 Å². The molecule has 1 aromatic rings. The van der Waals surface area contributed by atoms with Crippen LogP contribution in [0.25, 0.3) is 0 Å². The summed E-state index contributed by atoms with van der Waals surface area (Å²) in [5.74, 6) is -0.236. The average Bonchev–Trinajstić information content (AvgIpc) is 2.16. The highest BCUT2D eigenvalue weighted by Crippen LogP contribution is 2.35. The topological polar surface area (TPSA) is 29.5 Å². The van der Waals surface area contributed by atoms with E-state index in [1.54, 1.807) is 6.07 Å². The molecule has 0 aliphatic heterocycles. The fourth-order valence-corrected chi connectivity index (χ4v) is 1.79. The molecule has 0 aliphatic rings. The van der Waals surface area contributed by atoms with Crippen LogP contribution in [0.2, 0.25) is 0 Å². The van der Waals surface area contributed by atoms with E-state index >= 15 is 0 Å². The van der Waals surface area contributed by atoms with Crippen molar-refractivity contribution in [1.29, 1.82) is 0 Å². The Morgan fingerprint density at radius 1 is 1.47 bits per heavy atom. The lowest BCUT2D eigenvalue weighted by molar-refractivity contribution is 0.213. The lowest BCUT2D eigenvalue weighted by Gasteiger charge is -2.25. The second kappa shape index (κ2) is 4.49. The van der Waals surface area contributed by atoms with Gasteiger partial charge in [0.1, 0.15) is 0 Å². The first-order valence-electron chi connectivity index (χ1n) is 4.56. The van der Waals surface area contributed by atoms with Gasteiger partial charge in [-0.3, -0.25) is 0 Å². The maximum Gasteiger partial charge on any atom is 0.166 e. The lowest BCUT2D eigenvalue weighted by atomic mass is 9.85. The lowest BCUT2D eigenvalue weighted by Crippen LogP contribution is -2.23. The molecule has 0 unspecified atom stereocenters. The Labute approximate surface area is 97.2 Å². The third kappa shape index (κ3) is 2.49. The van der Waals surface area contributed by atoms with Crippen LogP contribution < -0.4 is 4.74 Å². The van der Waals surface area contributed by atoms with E-state index in [0.717, 1.165) is 0 Å². The number of ether oxygens (including phenoxy) is 1. The summed E-state index contributed by atoms with van der Waals surface area (Å²) in [5.41, 5.74) is 0.120. The summed E-state index contributed by atoms with van der Waals surface area (Å²) in [7, 11) is 1.42. The van der Waals surface area contributed by atoms with E-state index in [1.807, 2.05) is 13.8 Å². The minimum atomic E-state index is -0.532. The molecular formula is C11H14BrFO2. The number of aliphatic hydroxyl groups is 1. The summed E-state index contributed by atoms with van der Waals surface area (Å²) < 4.78 is 19.2. The van der Waals surface area contributed by atoms with E-state index in [2.05, 4.69) is 15.9 Å². The maximum absolute atomic E-state index is 13.5. The van der Waals surface area contributed by atoms with Crippen molar-refractivity contribution in [2.75, 3.05) is 13.7 Å².